The van der Waals surface area contributed by atoms with Gasteiger partial charge in [-0.3, -0.25) is 4.90 Å². The maximum Gasteiger partial charge on any atom is 0.416 e. The fraction of sp³-hybridized carbons (Fsp3) is 0.526. The highest BCUT2D eigenvalue weighted by Crippen LogP contribution is 2.33. The van der Waals surface area contributed by atoms with E-state index >= 15 is 0 Å². The third kappa shape index (κ3) is 4.27. The standard InChI is InChI=1S/C19H21F3N2OS/c20-19(21,22)15-3-1-14(2-4-15)18-23-16(12-26-18)10-24(17-5-6-17)9-13-7-8-25-11-13/h1-4,12-13,17H,5-11H2/t13-/m0/s1. The van der Waals surface area contributed by atoms with Crippen LogP contribution >= 0.6 is 11.3 Å². The van der Waals surface area contributed by atoms with Crippen LogP contribution < -0.4 is 0 Å². The van der Waals surface area contributed by atoms with E-state index < -0.39 is 11.7 Å². The van der Waals surface area contributed by atoms with Gasteiger partial charge in [-0.15, -0.1) is 11.3 Å². The minimum absolute atomic E-state index is 0.601. The Balaban J connectivity index is 1.43. The Bertz CT molecular complexity index is 734. The third-order valence-electron chi connectivity index (χ3n) is 4.96. The smallest absolute Gasteiger partial charge is 0.381 e. The van der Waals surface area contributed by atoms with E-state index in [1.165, 1.54) is 36.3 Å². The van der Waals surface area contributed by atoms with Crippen LogP contribution in [0.25, 0.3) is 10.6 Å². The summed E-state index contributed by atoms with van der Waals surface area (Å²) in [6.45, 7) is 3.55. The van der Waals surface area contributed by atoms with E-state index in [0.29, 0.717) is 12.0 Å². The number of thiazole rings is 1. The van der Waals surface area contributed by atoms with Gasteiger partial charge in [0.2, 0.25) is 0 Å². The Kier molecular flexibility index (Phi) is 5.03. The molecular formula is C19H21F3N2OS. The highest BCUT2D eigenvalue weighted by molar-refractivity contribution is 7.13. The van der Waals surface area contributed by atoms with Crippen molar-refractivity contribution in [3.8, 4) is 10.6 Å². The molecular weight excluding hydrogens is 361 g/mol. The van der Waals surface area contributed by atoms with Crippen LogP contribution in [0.15, 0.2) is 29.6 Å². The van der Waals surface area contributed by atoms with Gasteiger partial charge in [0.25, 0.3) is 0 Å². The van der Waals surface area contributed by atoms with Crippen LogP contribution in [0.5, 0.6) is 0 Å². The molecule has 2 fully saturated rings. The summed E-state index contributed by atoms with van der Waals surface area (Å²) in [5, 5.41) is 2.79. The lowest BCUT2D eigenvalue weighted by Gasteiger charge is -2.23. The topological polar surface area (TPSA) is 25.4 Å². The number of alkyl halides is 3. The van der Waals surface area contributed by atoms with Gasteiger partial charge in [-0.2, -0.15) is 13.2 Å². The molecule has 1 aliphatic carbocycles. The van der Waals surface area contributed by atoms with Gasteiger partial charge >= 0.3 is 6.18 Å². The average molecular weight is 382 g/mol. The Morgan fingerprint density at radius 2 is 1.92 bits per heavy atom. The average Bonchev–Trinajstić information content (AvgIpc) is 3.14. The van der Waals surface area contributed by atoms with Crippen molar-refractivity contribution >= 4 is 11.3 Å². The van der Waals surface area contributed by atoms with Crippen molar-refractivity contribution in [1.82, 2.24) is 9.88 Å². The molecule has 4 rings (SSSR count). The normalized spacial score (nSPS) is 20.8. The molecule has 1 saturated carbocycles. The molecule has 2 aromatic rings. The minimum Gasteiger partial charge on any atom is -0.381 e. The van der Waals surface area contributed by atoms with Gasteiger partial charge in [-0.1, -0.05) is 12.1 Å². The van der Waals surface area contributed by atoms with Gasteiger partial charge < -0.3 is 4.74 Å². The van der Waals surface area contributed by atoms with E-state index in [1.807, 2.05) is 5.38 Å². The second-order valence-electron chi connectivity index (χ2n) is 7.11. The molecule has 0 bridgehead atoms. The van der Waals surface area contributed by atoms with Gasteiger partial charge in [-0.05, 0) is 37.3 Å². The Morgan fingerprint density at radius 1 is 1.15 bits per heavy atom. The van der Waals surface area contributed by atoms with Gasteiger partial charge in [0, 0.05) is 36.7 Å². The van der Waals surface area contributed by atoms with Crippen LogP contribution in [0.4, 0.5) is 13.2 Å². The fourth-order valence-corrected chi connectivity index (χ4v) is 4.18. The maximum absolute atomic E-state index is 12.7. The lowest BCUT2D eigenvalue weighted by molar-refractivity contribution is -0.137. The van der Waals surface area contributed by atoms with Crippen molar-refractivity contribution in [3.05, 3.63) is 40.9 Å². The summed E-state index contributed by atoms with van der Waals surface area (Å²) in [7, 11) is 0. The second kappa shape index (κ2) is 7.29. The molecule has 2 aliphatic rings. The van der Waals surface area contributed by atoms with Gasteiger partial charge in [0.1, 0.15) is 5.01 Å². The highest BCUT2D eigenvalue weighted by atomic mass is 32.1. The number of aromatic nitrogens is 1. The molecule has 0 unspecified atom stereocenters. The molecule has 0 radical (unpaired) electrons. The van der Waals surface area contributed by atoms with E-state index in [2.05, 4.69) is 9.88 Å². The van der Waals surface area contributed by atoms with E-state index in [0.717, 1.165) is 61.1 Å². The zero-order valence-corrected chi connectivity index (χ0v) is 15.2. The number of rotatable bonds is 6. The lowest BCUT2D eigenvalue weighted by atomic mass is 10.1. The van der Waals surface area contributed by atoms with Crippen LogP contribution in [0.2, 0.25) is 0 Å². The summed E-state index contributed by atoms with van der Waals surface area (Å²) in [5.41, 5.74) is 1.10. The van der Waals surface area contributed by atoms with Gasteiger partial charge in [0.05, 0.1) is 17.9 Å². The molecule has 7 heteroatoms. The molecule has 26 heavy (non-hydrogen) atoms. The second-order valence-corrected chi connectivity index (χ2v) is 7.97. The predicted molar refractivity (Wildman–Crippen MR) is 94.9 cm³/mol. The van der Waals surface area contributed by atoms with Crippen LogP contribution in [-0.2, 0) is 17.5 Å². The Morgan fingerprint density at radius 3 is 2.54 bits per heavy atom. The molecule has 1 atom stereocenters. The zero-order valence-electron chi connectivity index (χ0n) is 14.3. The van der Waals surface area contributed by atoms with E-state index in [-0.39, 0.29) is 0 Å². The Hall–Kier alpha value is -1.44. The molecule has 1 saturated heterocycles. The van der Waals surface area contributed by atoms with Crippen molar-refractivity contribution in [1.29, 1.82) is 0 Å². The van der Waals surface area contributed by atoms with E-state index in [4.69, 9.17) is 4.74 Å². The number of hydrogen-bond acceptors (Lipinski definition) is 4. The first-order valence-corrected chi connectivity index (χ1v) is 9.81. The molecule has 0 N–H and O–H groups in total. The predicted octanol–water partition coefficient (Wildman–Crippen LogP) is 4.83. The van der Waals surface area contributed by atoms with E-state index in [1.54, 1.807) is 0 Å². The molecule has 0 spiro atoms. The first-order chi connectivity index (χ1) is 12.5. The summed E-state index contributed by atoms with van der Waals surface area (Å²) >= 11 is 1.49. The molecule has 2 heterocycles. The number of benzene rings is 1. The summed E-state index contributed by atoms with van der Waals surface area (Å²) in [6.07, 6.45) is -0.703. The van der Waals surface area contributed by atoms with Crippen LogP contribution in [0, 0.1) is 5.92 Å². The summed E-state index contributed by atoms with van der Waals surface area (Å²) < 4.78 is 43.6. The van der Waals surface area contributed by atoms with Crippen LogP contribution in [0.1, 0.15) is 30.5 Å². The maximum atomic E-state index is 12.7. The number of hydrogen-bond donors (Lipinski definition) is 0. The molecule has 3 nitrogen and oxygen atoms in total. The van der Waals surface area contributed by atoms with Crippen molar-refractivity contribution in [2.24, 2.45) is 5.92 Å². The van der Waals surface area contributed by atoms with Gasteiger partial charge in [0.15, 0.2) is 0 Å². The number of ether oxygens (including phenoxy) is 1. The Labute approximate surface area is 154 Å². The molecule has 1 aromatic carbocycles. The first-order valence-electron chi connectivity index (χ1n) is 8.93. The third-order valence-corrected chi connectivity index (χ3v) is 5.90. The van der Waals surface area contributed by atoms with Crippen molar-refractivity contribution in [3.63, 3.8) is 0 Å². The largest absolute Gasteiger partial charge is 0.416 e. The van der Waals surface area contributed by atoms with Crippen LogP contribution in [0.3, 0.4) is 0 Å². The number of nitrogens with zero attached hydrogens (tertiary/aromatic N) is 2. The highest BCUT2D eigenvalue weighted by Gasteiger charge is 2.32. The van der Waals surface area contributed by atoms with Crippen molar-refractivity contribution in [2.75, 3.05) is 19.8 Å². The minimum atomic E-state index is -4.30. The fourth-order valence-electron chi connectivity index (χ4n) is 3.36. The van der Waals surface area contributed by atoms with Crippen molar-refractivity contribution in [2.45, 2.75) is 38.0 Å². The number of halogens is 3. The first kappa shape index (κ1) is 17.9. The van der Waals surface area contributed by atoms with E-state index in [9.17, 15) is 13.2 Å². The SMILES string of the molecule is FC(F)(F)c1ccc(-c2nc(CN(C[C@@H]3CCOC3)C3CC3)cs2)cc1. The summed E-state index contributed by atoms with van der Waals surface area (Å²) in [4.78, 5) is 7.15. The quantitative estimate of drug-likeness (QED) is 0.716. The summed E-state index contributed by atoms with van der Waals surface area (Å²) in [6, 6.07) is 5.88. The molecule has 140 valence electrons. The lowest BCUT2D eigenvalue weighted by Crippen LogP contribution is -2.31. The van der Waals surface area contributed by atoms with Gasteiger partial charge in [-0.25, -0.2) is 4.98 Å². The van der Waals surface area contributed by atoms with Crippen LogP contribution in [-0.4, -0.2) is 35.7 Å². The zero-order chi connectivity index (χ0) is 18.1. The monoisotopic (exact) mass is 382 g/mol. The molecule has 1 aliphatic heterocycles. The summed E-state index contributed by atoms with van der Waals surface area (Å²) in [5.74, 6) is 0.601. The van der Waals surface area contributed by atoms with Crippen molar-refractivity contribution < 1.29 is 17.9 Å². The molecule has 1 aromatic heterocycles. The molecule has 0 amide bonds.